The van der Waals surface area contributed by atoms with E-state index in [-0.39, 0.29) is 17.4 Å². The van der Waals surface area contributed by atoms with Crippen molar-refractivity contribution in [2.75, 3.05) is 20.2 Å². The van der Waals surface area contributed by atoms with Gasteiger partial charge < -0.3 is 14.2 Å². The van der Waals surface area contributed by atoms with Gasteiger partial charge in [-0.25, -0.2) is 0 Å². The van der Waals surface area contributed by atoms with Crippen molar-refractivity contribution in [1.29, 1.82) is 0 Å². The molecular weight excluding hydrogens is 304 g/mol. The minimum Gasteiger partial charge on any atom is -0.497 e. The van der Waals surface area contributed by atoms with E-state index in [0.29, 0.717) is 36.9 Å². The number of carbonyl (C=O) groups excluding carboxylic acids is 1. The Morgan fingerprint density at radius 1 is 1.12 bits per heavy atom. The molecule has 5 nitrogen and oxygen atoms in total. The number of fused-ring (bicyclic) bond motifs is 4. The van der Waals surface area contributed by atoms with Crippen LogP contribution in [0.25, 0.3) is 0 Å². The highest BCUT2D eigenvalue weighted by molar-refractivity contribution is 5.94. The number of amides is 1. The highest BCUT2D eigenvalue weighted by Crippen LogP contribution is 2.35. The second kappa shape index (κ2) is 5.82. The fourth-order valence-corrected chi connectivity index (χ4v) is 4.00. The van der Waals surface area contributed by atoms with Crippen LogP contribution in [0.1, 0.15) is 28.4 Å². The van der Waals surface area contributed by atoms with Crippen molar-refractivity contribution in [2.45, 2.75) is 18.9 Å². The first-order valence-corrected chi connectivity index (χ1v) is 8.29. The third-order valence-corrected chi connectivity index (χ3v) is 5.08. The Hall–Kier alpha value is -2.56. The number of hydrogen-bond acceptors (Lipinski definition) is 3. The molecule has 0 aliphatic carbocycles. The molecule has 2 aromatic rings. The molecule has 1 fully saturated rings. The van der Waals surface area contributed by atoms with Crippen molar-refractivity contribution in [3.05, 3.63) is 64.1 Å². The highest BCUT2D eigenvalue weighted by Gasteiger charge is 2.36. The van der Waals surface area contributed by atoms with Gasteiger partial charge in [-0.2, -0.15) is 0 Å². The van der Waals surface area contributed by atoms with Gasteiger partial charge in [0.25, 0.3) is 11.5 Å². The third-order valence-electron chi connectivity index (χ3n) is 5.08. The predicted molar refractivity (Wildman–Crippen MR) is 90.4 cm³/mol. The van der Waals surface area contributed by atoms with Crippen molar-refractivity contribution < 1.29 is 9.53 Å². The van der Waals surface area contributed by atoms with E-state index >= 15 is 0 Å². The number of methoxy groups -OCH3 is 1. The van der Waals surface area contributed by atoms with Crippen molar-refractivity contribution in [2.24, 2.45) is 5.92 Å². The molecule has 5 heteroatoms. The molecule has 0 spiro atoms. The number of rotatable bonds is 2. The normalized spacial score (nSPS) is 22.0. The number of nitrogens with zero attached hydrogens (tertiary/aromatic N) is 2. The van der Waals surface area contributed by atoms with Crippen molar-refractivity contribution >= 4 is 5.91 Å². The zero-order valence-electron chi connectivity index (χ0n) is 13.6. The van der Waals surface area contributed by atoms with Crippen LogP contribution in [-0.4, -0.2) is 35.6 Å². The molecule has 2 aliphatic rings. The summed E-state index contributed by atoms with van der Waals surface area (Å²) >= 11 is 0. The Labute approximate surface area is 140 Å². The molecule has 1 aromatic carbocycles. The van der Waals surface area contributed by atoms with Crippen LogP contribution in [0.15, 0.2) is 47.3 Å². The largest absolute Gasteiger partial charge is 0.497 e. The molecule has 4 rings (SSSR count). The molecule has 124 valence electrons. The Morgan fingerprint density at radius 3 is 2.79 bits per heavy atom. The van der Waals surface area contributed by atoms with Crippen molar-refractivity contribution in [1.82, 2.24) is 9.47 Å². The van der Waals surface area contributed by atoms with E-state index in [1.807, 2.05) is 39.8 Å². The van der Waals surface area contributed by atoms with Gasteiger partial charge in [-0.05, 0) is 36.6 Å². The maximum Gasteiger partial charge on any atom is 0.254 e. The van der Waals surface area contributed by atoms with Crippen molar-refractivity contribution in [3.8, 4) is 5.75 Å². The molecular formula is C19H20N2O3. The number of carbonyl (C=O) groups is 1. The SMILES string of the molecule is COc1cccc(C(=O)N2C[C@@H]3C[C@H](C2)c2cccc(=O)n2C3)c1. The van der Waals surface area contributed by atoms with E-state index in [4.69, 9.17) is 4.74 Å². The zero-order chi connectivity index (χ0) is 16.7. The number of benzene rings is 1. The van der Waals surface area contributed by atoms with Gasteiger partial charge in [0.15, 0.2) is 0 Å². The van der Waals surface area contributed by atoms with Gasteiger partial charge in [0, 0.05) is 42.9 Å². The molecule has 24 heavy (non-hydrogen) atoms. The van der Waals surface area contributed by atoms with Gasteiger partial charge in [-0.1, -0.05) is 12.1 Å². The lowest BCUT2D eigenvalue weighted by molar-refractivity contribution is 0.0594. The van der Waals surface area contributed by atoms with Gasteiger partial charge in [0.05, 0.1) is 7.11 Å². The van der Waals surface area contributed by atoms with Crippen LogP contribution in [0.4, 0.5) is 0 Å². The second-order valence-corrected chi connectivity index (χ2v) is 6.64. The summed E-state index contributed by atoms with van der Waals surface area (Å²) in [5, 5.41) is 0. The van der Waals surface area contributed by atoms with Crippen LogP contribution < -0.4 is 10.3 Å². The summed E-state index contributed by atoms with van der Waals surface area (Å²) in [7, 11) is 1.60. The molecule has 1 saturated heterocycles. The fraction of sp³-hybridized carbons (Fsp3) is 0.368. The van der Waals surface area contributed by atoms with Crippen molar-refractivity contribution in [3.63, 3.8) is 0 Å². The summed E-state index contributed by atoms with van der Waals surface area (Å²) in [4.78, 5) is 26.9. The maximum atomic E-state index is 12.9. The van der Waals surface area contributed by atoms with Gasteiger partial charge in [0.1, 0.15) is 5.75 Å². The highest BCUT2D eigenvalue weighted by atomic mass is 16.5. The summed E-state index contributed by atoms with van der Waals surface area (Å²) in [5.41, 5.74) is 1.77. The first kappa shape index (κ1) is 15.0. The second-order valence-electron chi connectivity index (χ2n) is 6.64. The smallest absolute Gasteiger partial charge is 0.254 e. The number of ether oxygens (including phenoxy) is 1. The standard InChI is InChI=1S/C19H20N2O3/c1-24-16-5-2-4-14(9-16)19(23)20-10-13-8-15(12-20)17-6-3-7-18(22)21(17)11-13/h2-7,9,13,15H,8,10-12H2,1H3/t13-,15+/m0/s1. The number of piperidine rings is 1. The van der Waals surface area contributed by atoms with Crippen LogP contribution in [0, 0.1) is 5.92 Å². The Kier molecular flexibility index (Phi) is 3.63. The first-order chi connectivity index (χ1) is 11.7. The lowest BCUT2D eigenvalue weighted by Gasteiger charge is -2.42. The lowest BCUT2D eigenvalue weighted by Crippen LogP contribution is -2.49. The number of hydrogen-bond donors (Lipinski definition) is 0. The van der Waals surface area contributed by atoms with E-state index in [2.05, 4.69) is 0 Å². The quantitative estimate of drug-likeness (QED) is 0.850. The maximum absolute atomic E-state index is 12.9. The lowest BCUT2D eigenvalue weighted by atomic mass is 9.83. The van der Waals surface area contributed by atoms with E-state index in [1.165, 1.54) is 0 Å². The molecule has 0 radical (unpaired) electrons. The predicted octanol–water partition coefficient (Wildman–Crippen LogP) is 2.12. The fourth-order valence-electron chi connectivity index (χ4n) is 4.00. The first-order valence-electron chi connectivity index (χ1n) is 8.29. The van der Waals surface area contributed by atoms with Crippen LogP contribution in [0.5, 0.6) is 5.75 Å². The minimum atomic E-state index is 0.0373. The van der Waals surface area contributed by atoms with Crippen LogP contribution in [-0.2, 0) is 6.54 Å². The molecule has 3 heterocycles. The van der Waals surface area contributed by atoms with Gasteiger partial charge in [-0.15, -0.1) is 0 Å². The summed E-state index contributed by atoms with van der Waals surface area (Å²) in [5.74, 6) is 1.30. The summed E-state index contributed by atoms with van der Waals surface area (Å²) in [6, 6.07) is 12.7. The molecule has 2 bridgehead atoms. The summed E-state index contributed by atoms with van der Waals surface area (Å²) < 4.78 is 7.10. The van der Waals surface area contributed by atoms with Crippen LogP contribution in [0.2, 0.25) is 0 Å². The summed E-state index contributed by atoms with van der Waals surface area (Å²) in [6.07, 6.45) is 1.05. The van der Waals surface area contributed by atoms with E-state index < -0.39 is 0 Å². The zero-order valence-corrected chi connectivity index (χ0v) is 13.6. The topological polar surface area (TPSA) is 51.5 Å². The van der Waals surface area contributed by atoms with E-state index in [9.17, 15) is 9.59 Å². The molecule has 0 unspecified atom stereocenters. The van der Waals surface area contributed by atoms with Gasteiger partial charge in [-0.3, -0.25) is 9.59 Å². The number of aromatic nitrogens is 1. The van der Waals surface area contributed by atoms with E-state index in [1.54, 1.807) is 19.2 Å². The van der Waals surface area contributed by atoms with E-state index in [0.717, 1.165) is 12.1 Å². The third kappa shape index (κ3) is 2.50. The number of likely N-dealkylation sites (tertiary alicyclic amines) is 1. The van der Waals surface area contributed by atoms with Gasteiger partial charge >= 0.3 is 0 Å². The Balaban J connectivity index is 1.62. The average molecular weight is 324 g/mol. The molecule has 2 atom stereocenters. The monoisotopic (exact) mass is 324 g/mol. The molecule has 1 aromatic heterocycles. The summed E-state index contributed by atoms with van der Waals surface area (Å²) in [6.45, 7) is 2.07. The van der Waals surface area contributed by atoms with Crippen LogP contribution >= 0.6 is 0 Å². The number of pyridine rings is 1. The minimum absolute atomic E-state index is 0.0373. The van der Waals surface area contributed by atoms with Gasteiger partial charge in [0.2, 0.25) is 0 Å². The molecule has 0 N–H and O–H groups in total. The van der Waals surface area contributed by atoms with Crippen LogP contribution in [0.3, 0.4) is 0 Å². The Morgan fingerprint density at radius 2 is 1.96 bits per heavy atom. The molecule has 0 saturated carbocycles. The average Bonchev–Trinajstić information content (AvgIpc) is 2.62. The molecule has 1 amide bonds. The molecule has 2 aliphatic heterocycles. The Bertz CT molecular complexity index is 843.